The molecule has 190 valence electrons. The number of carbonyl (C=O) groups excluding carboxylic acids is 1. The molecule has 4 rings (SSSR count). The van der Waals surface area contributed by atoms with Crippen LogP contribution in [0.4, 0.5) is 10.1 Å². The lowest BCUT2D eigenvalue weighted by Gasteiger charge is -2.41. The van der Waals surface area contributed by atoms with Gasteiger partial charge in [-0.15, -0.1) is 0 Å². The number of anilines is 1. The van der Waals surface area contributed by atoms with E-state index in [1.807, 2.05) is 45.0 Å². The van der Waals surface area contributed by atoms with Crippen molar-refractivity contribution < 1.29 is 22.3 Å². The largest absolute Gasteiger partial charge is 0.487 e. The number of ether oxygens (including phenoxy) is 1. The van der Waals surface area contributed by atoms with Gasteiger partial charge >= 0.3 is 0 Å². The first-order chi connectivity index (χ1) is 17.2. The van der Waals surface area contributed by atoms with Gasteiger partial charge in [0.25, 0.3) is 10.0 Å². The third-order valence-electron chi connectivity index (χ3n) is 6.84. The van der Waals surface area contributed by atoms with E-state index in [9.17, 15) is 17.6 Å². The Morgan fingerprint density at radius 2 is 1.67 bits per heavy atom. The Kier molecular flexibility index (Phi) is 7.36. The zero-order chi connectivity index (χ0) is 25.9. The van der Waals surface area contributed by atoms with Gasteiger partial charge in [0.1, 0.15) is 23.7 Å². The van der Waals surface area contributed by atoms with E-state index in [0.717, 1.165) is 28.3 Å². The fourth-order valence-electron chi connectivity index (χ4n) is 4.59. The summed E-state index contributed by atoms with van der Waals surface area (Å²) in [6.07, 6.45) is 2.06. The SMILES string of the molecule is CCC1(CC)C[C@@H](NC(=O)CN(c2ccccc2F)S(=O)(=O)c2ccc(C)cc2)c2ccccc2O1. The van der Waals surface area contributed by atoms with E-state index < -0.39 is 33.9 Å². The van der Waals surface area contributed by atoms with Gasteiger partial charge in [-0.2, -0.15) is 0 Å². The zero-order valence-electron chi connectivity index (χ0n) is 20.7. The first-order valence-corrected chi connectivity index (χ1v) is 13.5. The molecule has 1 atom stereocenters. The van der Waals surface area contributed by atoms with Crippen LogP contribution in [0.1, 0.15) is 50.3 Å². The summed E-state index contributed by atoms with van der Waals surface area (Å²) in [6, 6.07) is 19.0. The second-order valence-electron chi connectivity index (χ2n) is 9.13. The van der Waals surface area contributed by atoms with Crippen molar-refractivity contribution in [3.63, 3.8) is 0 Å². The van der Waals surface area contributed by atoms with Crippen molar-refractivity contribution in [2.24, 2.45) is 0 Å². The number of nitrogens with one attached hydrogen (secondary N) is 1. The number of para-hydroxylation sites is 2. The monoisotopic (exact) mass is 510 g/mol. The number of aryl methyl sites for hydroxylation is 1. The average molecular weight is 511 g/mol. The van der Waals surface area contributed by atoms with Crippen molar-refractivity contribution in [2.75, 3.05) is 10.8 Å². The summed E-state index contributed by atoms with van der Waals surface area (Å²) in [7, 11) is -4.21. The van der Waals surface area contributed by atoms with Crippen LogP contribution in [-0.4, -0.2) is 26.5 Å². The molecule has 0 spiro atoms. The van der Waals surface area contributed by atoms with E-state index in [1.165, 1.54) is 30.3 Å². The van der Waals surface area contributed by atoms with Gasteiger partial charge in [-0.25, -0.2) is 12.8 Å². The molecule has 0 fully saturated rings. The average Bonchev–Trinajstić information content (AvgIpc) is 2.88. The number of amides is 1. The Bertz CT molecular complexity index is 1340. The molecule has 0 bridgehead atoms. The Morgan fingerprint density at radius 1 is 1.03 bits per heavy atom. The van der Waals surface area contributed by atoms with Gasteiger partial charge in [0.15, 0.2) is 0 Å². The molecule has 0 unspecified atom stereocenters. The molecule has 3 aromatic rings. The maximum Gasteiger partial charge on any atom is 0.264 e. The summed E-state index contributed by atoms with van der Waals surface area (Å²) in [6.45, 7) is 5.37. The highest BCUT2D eigenvalue weighted by Crippen LogP contribution is 2.42. The number of nitrogens with zero attached hydrogens (tertiary/aromatic N) is 1. The molecule has 0 radical (unpaired) electrons. The van der Waals surface area contributed by atoms with E-state index in [4.69, 9.17) is 4.74 Å². The van der Waals surface area contributed by atoms with Crippen LogP contribution in [0.5, 0.6) is 5.75 Å². The summed E-state index contributed by atoms with van der Waals surface area (Å²) in [4.78, 5) is 13.3. The van der Waals surface area contributed by atoms with Crippen LogP contribution >= 0.6 is 0 Å². The lowest BCUT2D eigenvalue weighted by Crippen LogP contribution is -2.47. The fourth-order valence-corrected chi connectivity index (χ4v) is 6.02. The molecule has 0 aromatic heterocycles. The maximum atomic E-state index is 14.8. The van der Waals surface area contributed by atoms with Crippen LogP contribution in [0.15, 0.2) is 77.7 Å². The molecule has 1 N–H and O–H groups in total. The summed E-state index contributed by atoms with van der Waals surface area (Å²) in [5.74, 6) is -0.555. The number of hydrogen-bond donors (Lipinski definition) is 1. The molecule has 8 heteroatoms. The topological polar surface area (TPSA) is 75.7 Å². The summed E-state index contributed by atoms with van der Waals surface area (Å²) < 4.78 is 49.1. The molecular formula is C28H31FN2O4S. The highest BCUT2D eigenvalue weighted by atomic mass is 32.2. The van der Waals surface area contributed by atoms with E-state index in [-0.39, 0.29) is 16.6 Å². The summed E-state index contributed by atoms with van der Waals surface area (Å²) in [5.41, 5.74) is 1.10. The molecule has 1 amide bonds. The van der Waals surface area contributed by atoms with Crippen molar-refractivity contribution in [2.45, 2.75) is 56.6 Å². The molecule has 1 aliphatic rings. The number of hydrogen-bond acceptors (Lipinski definition) is 4. The maximum absolute atomic E-state index is 14.8. The number of rotatable bonds is 8. The van der Waals surface area contributed by atoms with Gasteiger partial charge in [0.05, 0.1) is 16.6 Å². The molecule has 0 aliphatic carbocycles. The van der Waals surface area contributed by atoms with E-state index in [1.54, 1.807) is 18.2 Å². The van der Waals surface area contributed by atoms with Crippen molar-refractivity contribution in [3.8, 4) is 5.75 Å². The first-order valence-electron chi connectivity index (χ1n) is 12.1. The van der Waals surface area contributed by atoms with Gasteiger partial charge in [0.2, 0.25) is 5.91 Å². The first kappa shape index (κ1) is 25.7. The minimum absolute atomic E-state index is 0.0171. The Morgan fingerprint density at radius 3 is 2.33 bits per heavy atom. The minimum Gasteiger partial charge on any atom is -0.487 e. The second-order valence-corrected chi connectivity index (χ2v) is 11.0. The number of carbonyl (C=O) groups is 1. The third-order valence-corrected chi connectivity index (χ3v) is 8.61. The molecule has 0 saturated heterocycles. The molecular weight excluding hydrogens is 479 g/mol. The predicted molar refractivity (Wildman–Crippen MR) is 138 cm³/mol. The molecule has 1 aliphatic heterocycles. The minimum atomic E-state index is -4.21. The van der Waals surface area contributed by atoms with Gasteiger partial charge < -0.3 is 10.1 Å². The van der Waals surface area contributed by atoms with Gasteiger partial charge in [-0.05, 0) is 50.1 Å². The van der Waals surface area contributed by atoms with E-state index >= 15 is 0 Å². The van der Waals surface area contributed by atoms with Gasteiger partial charge in [-0.1, -0.05) is 61.9 Å². The van der Waals surface area contributed by atoms with E-state index in [0.29, 0.717) is 12.2 Å². The van der Waals surface area contributed by atoms with Gasteiger partial charge in [-0.3, -0.25) is 9.10 Å². The lowest BCUT2D eigenvalue weighted by molar-refractivity contribution is -0.121. The van der Waals surface area contributed by atoms with Crippen molar-refractivity contribution in [3.05, 3.63) is 89.7 Å². The van der Waals surface area contributed by atoms with Crippen LogP contribution in [0, 0.1) is 12.7 Å². The Labute approximate surface area is 212 Å². The van der Waals surface area contributed by atoms with Crippen LogP contribution in [0.25, 0.3) is 0 Å². The molecule has 3 aromatic carbocycles. The smallest absolute Gasteiger partial charge is 0.264 e. The van der Waals surface area contributed by atoms with Gasteiger partial charge in [0, 0.05) is 12.0 Å². The Balaban J connectivity index is 1.66. The van der Waals surface area contributed by atoms with Crippen molar-refractivity contribution in [1.29, 1.82) is 0 Å². The lowest BCUT2D eigenvalue weighted by atomic mass is 9.83. The molecule has 36 heavy (non-hydrogen) atoms. The van der Waals surface area contributed by atoms with Crippen LogP contribution in [-0.2, 0) is 14.8 Å². The highest BCUT2D eigenvalue weighted by molar-refractivity contribution is 7.92. The standard InChI is InChI=1S/C28H31FN2O4S/c1-4-28(5-2)18-24(22-10-6-9-13-26(22)35-28)30-27(32)19-31(25-12-8-7-11-23(25)29)36(33,34)21-16-14-20(3)15-17-21/h6-17,24H,4-5,18-19H2,1-3H3,(H,30,32)/t24-/m1/s1. The summed E-state index contributed by atoms with van der Waals surface area (Å²) >= 11 is 0. The van der Waals surface area contributed by atoms with Crippen LogP contribution < -0.4 is 14.4 Å². The number of halogens is 1. The second kappa shape index (κ2) is 10.3. The van der Waals surface area contributed by atoms with Crippen LogP contribution in [0.2, 0.25) is 0 Å². The number of fused-ring (bicyclic) bond motifs is 1. The predicted octanol–water partition coefficient (Wildman–Crippen LogP) is 5.53. The number of sulfonamides is 1. The number of benzene rings is 3. The van der Waals surface area contributed by atoms with Crippen molar-refractivity contribution in [1.82, 2.24) is 5.32 Å². The normalized spacial score (nSPS) is 16.5. The molecule has 6 nitrogen and oxygen atoms in total. The molecule has 1 heterocycles. The highest BCUT2D eigenvalue weighted by Gasteiger charge is 2.39. The van der Waals surface area contributed by atoms with Crippen LogP contribution in [0.3, 0.4) is 0 Å². The third kappa shape index (κ3) is 5.09. The summed E-state index contributed by atoms with van der Waals surface area (Å²) in [5, 5.41) is 3.00. The van der Waals surface area contributed by atoms with E-state index in [2.05, 4.69) is 5.32 Å². The zero-order valence-corrected chi connectivity index (χ0v) is 21.5. The fraction of sp³-hybridized carbons (Fsp3) is 0.321. The van der Waals surface area contributed by atoms with Crippen molar-refractivity contribution >= 4 is 21.6 Å². The Hall–Kier alpha value is -3.39. The quantitative estimate of drug-likeness (QED) is 0.433. The molecule has 0 saturated carbocycles.